The van der Waals surface area contributed by atoms with Crippen molar-refractivity contribution < 1.29 is 17.6 Å². The van der Waals surface area contributed by atoms with Gasteiger partial charge in [-0.05, 0) is 23.8 Å². The van der Waals surface area contributed by atoms with Crippen molar-refractivity contribution in [2.24, 2.45) is 0 Å². The molecule has 0 unspecified atom stereocenters. The number of nitrogens with one attached hydrogen (secondary N) is 1. The van der Waals surface area contributed by atoms with Gasteiger partial charge in [0.05, 0.1) is 12.1 Å². The van der Waals surface area contributed by atoms with Crippen LogP contribution in [-0.4, -0.2) is 16.3 Å². The predicted octanol–water partition coefficient (Wildman–Crippen LogP) is 2.83. The molecule has 0 saturated heterocycles. The molecule has 1 aromatic heterocycles. The van der Waals surface area contributed by atoms with Crippen LogP contribution in [0.25, 0.3) is 0 Å². The molecule has 0 spiro atoms. The lowest BCUT2D eigenvalue weighted by molar-refractivity contribution is -0.140. The molecule has 0 amide bonds. The SMILES string of the molecule is Fc1ccc(CNCCn2cccn2)cc1C(F)(F)F. The minimum Gasteiger partial charge on any atom is -0.311 e. The maximum Gasteiger partial charge on any atom is 0.419 e. The Bertz CT molecular complexity index is 549. The van der Waals surface area contributed by atoms with E-state index in [0.29, 0.717) is 18.7 Å². The molecule has 1 aromatic carbocycles. The van der Waals surface area contributed by atoms with E-state index in [0.717, 1.165) is 12.1 Å². The number of nitrogens with zero attached hydrogens (tertiary/aromatic N) is 2. The number of halogens is 4. The Balaban J connectivity index is 1.90. The van der Waals surface area contributed by atoms with Gasteiger partial charge in [-0.25, -0.2) is 4.39 Å². The Kier molecular flexibility index (Phi) is 4.39. The molecule has 108 valence electrons. The lowest BCUT2D eigenvalue weighted by Crippen LogP contribution is -2.20. The van der Waals surface area contributed by atoms with Crippen LogP contribution < -0.4 is 5.32 Å². The van der Waals surface area contributed by atoms with Crippen LogP contribution in [0.1, 0.15) is 11.1 Å². The van der Waals surface area contributed by atoms with Crippen LogP contribution in [-0.2, 0) is 19.3 Å². The Morgan fingerprint density at radius 2 is 2.05 bits per heavy atom. The maximum atomic E-state index is 13.1. The highest BCUT2D eigenvalue weighted by Crippen LogP contribution is 2.31. The molecular weight excluding hydrogens is 274 g/mol. The van der Waals surface area contributed by atoms with Gasteiger partial charge < -0.3 is 5.32 Å². The number of hydrogen-bond acceptors (Lipinski definition) is 2. The highest BCUT2D eigenvalue weighted by atomic mass is 19.4. The van der Waals surface area contributed by atoms with E-state index in [2.05, 4.69) is 10.4 Å². The molecule has 1 N–H and O–H groups in total. The first-order chi connectivity index (χ1) is 9.47. The third kappa shape index (κ3) is 3.80. The summed E-state index contributed by atoms with van der Waals surface area (Å²) in [7, 11) is 0. The van der Waals surface area contributed by atoms with E-state index in [9.17, 15) is 17.6 Å². The molecule has 0 saturated carbocycles. The number of aromatic nitrogens is 2. The molecule has 20 heavy (non-hydrogen) atoms. The van der Waals surface area contributed by atoms with Crippen molar-refractivity contribution in [1.29, 1.82) is 0 Å². The van der Waals surface area contributed by atoms with E-state index in [4.69, 9.17) is 0 Å². The summed E-state index contributed by atoms with van der Waals surface area (Å²) in [6, 6.07) is 4.80. The topological polar surface area (TPSA) is 29.9 Å². The second-order valence-electron chi connectivity index (χ2n) is 4.26. The van der Waals surface area contributed by atoms with E-state index in [1.807, 2.05) is 0 Å². The monoisotopic (exact) mass is 287 g/mol. The second-order valence-corrected chi connectivity index (χ2v) is 4.26. The Morgan fingerprint density at radius 1 is 1.25 bits per heavy atom. The second kappa shape index (κ2) is 6.04. The van der Waals surface area contributed by atoms with Crippen LogP contribution in [0.4, 0.5) is 17.6 Å². The predicted molar refractivity (Wildman–Crippen MR) is 65.3 cm³/mol. The summed E-state index contributed by atoms with van der Waals surface area (Å²) in [6.07, 6.45) is -1.23. The molecule has 0 aliphatic carbocycles. The minimum atomic E-state index is -4.67. The van der Waals surface area contributed by atoms with Gasteiger partial charge in [-0.15, -0.1) is 0 Å². The van der Waals surface area contributed by atoms with Gasteiger partial charge in [0.2, 0.25) is 0 Å². The average molecular weight is 287 g/mol. The van der Waals surface area contributed by atoms with Crippen LogP contribution in [0.15, 0.2) is 36.7 Å². The van der Waals surface area contributed by atoms with E-state index in [1.54, 1.807) is 23.1 Å². The lowest BCUT2D eigenvalue weighted by atomic mass is 10.1. The molecular formula is C13H13F4N3. The van der Waals surface area contributed by atoms with Gasteiger partial charge >= 0.3 is 6.18 Å². The van der Waals surface area contributed by atoms with Crippen LogP contribution >= 0.6 is 0 Å². The Hall–Kier alpha value is -1.89. The molecule has 2 rings (SSSR count). The van der Waals surface area contributed by atoms with Crippen molar-refractivity contribution in [3.63, 3.8) is 0 Å². The zero-order valence-electron chi connectivity index (χ0n) is 10.5. The summed E-state index contributed by atoms with van der Waals surface area (Å²) >= 11 is 0. The number of rotatable bonds is 5. The summed E-state index contributed by atoms with van der Waals surface area (Å²) in [5.41, 5.74) is -0.844. The summed E-state index contributed by atoms with van der Waals surface area (Å²) in [4.78, 5) is 0. The van der Waals surface area contributed by atoms with Crippen LogP contribution in [0.5, 0.6) is 0 Å². The molecule has 0 atom stereocenters. The van der Waals surface area contributed by atoms with Gasteiger partial charge in [0.1, 0.15) is 5.82 Å². The van der Waals surface area contributed by atoms with Crippen LogP contribution in [0, 0.1) is 5.82 Å². The first-order valence-electron chi connectivity index (χ1n) is 6.00. The molecule has 2 aromatic rings. The minimum absolute atomic E-state index is 0.241. The van der Waals surface area contributed by atoms with Gasteiger partial charge in [0.15, 0.2) is 0 Å². The molecule has 0 radical (unpaired) electrons. The average Bonchev–Trinajstić information content (AvgIpc) is 2.88. The molecule has 0 aliphatic rings. The standard InChI is InChI=1S/C13H13F4N3/c14-12-3-2-10(8-11(12)13(15,16)17)9-18-5-7-20-6-1-4-19-20/h1-4,6,8,18H,5,7,9H2. The van der Waals surface area contributed by atoms with Gasteiger partial charge in [-0.3, -0.25) is 4.68 Å². The molecule has 0 aliphatic heterocycles. The van der Waals surface area contributed by atoms with Crippen molar-refractivity contribution in [3.8, 4) is 0 Å². The molecule has 1 heterocycles. The largest absolute Gasteiger partial charge is 0.419 e. The first kappa shape index (κ1) is 14.5. The van der Waals surface area contributed by atoms with Crippen molar-refractivity contribution in [1.82, 2.24) is 15.1 Å². The maximum absolute atomic E-state index is 13.1. The first-order valence-corrected chi connectivity index (χ1v) is 6.00. The van der Waals surface area contributed by atoms with Gasteiger partial charge in [-0.2, -0.15) is 18.3 Å². The van der Waals surface area contributed by atoms with E-state index < -0.39 is 17.6 Å². The summed E-state index contributed by atoms with van der Waals surface area (Å²) in [5, 5.41) is 6.98. The highest BCUT2D eigenvalue weighted by molar-refractivity contribution is 5.27. The normalized spacial score (nSPS) is 11.8. The lowest BCUT2D eigenvalue weighted by Gasteiger charge is -2.10. The molecule has 0 bridgehead atoms. The van der Waals surface area contributed by atoms with Crippen molar-refractivity contribution >= 4 is 0 Å². The van der Waals surface area contributed by atoms with Crippen molar-refractivity contribution in [3.05, 3.63) is 53.6 Å². The molecule has 0 fully saturated rings. The van der Waals surface area contributed by atoms with Crippen LogP contribution in [0.2, 0.25) is 0 Å². The zero-order valence-corrected chi connectivity index (χ0v) is 10.5. The molecule has 7 heteroatoms. The third-order valence-electron chi connectivity index (χ3n) is 2.74. The van der Waals surface area contributed by atoms with Crippen LogP contribution in [0.3, 0.4) is 0 Å². The Labute approximate surface area is 113 Å². The number of alkyl halides is 3. The fraction of sp³-hybridized carbons (Fsp3) is 0.308. The fourth-order valence-corrected chi connectivity index (χ4v) is 1.76. The van der Waals surface area contributed by atoms with Crippen molar-refractivity contribution in [2.45, 2.75) is 19.3 Å². The quantitative estimate of drug-likeness (QED) is 0.677. The van der Waals surface area contributed by atoms with Crippen molar-refractivity contribution in [2.75, 3.05) is 6.54 Å². The highest BCUT2D eigenvalue weighted by Gasteiger charge is 2.34. The van der Waals surface area contributed by atoms with Gasteiger partial charge in [0, 0.05) is 25.5 Å². The third-order valence-corrected chi connectivity index (χ3v) is 2.74. The van der Waals surface area contributed by atoms with E-state index in [1.165, 1.54) is 6.07 Å². The summed E-state index contributed by atoms with van der Waals surface area (Å²) in [5.74, 6) is -1.25. The number of hydrogen-bond donors (Lipinski definition) is 1. The summed E-state index contributed by atoms with van der Waals surface area (Å²) < 4.78 is 52.4. The van der Waals surface area contributed by atoms with Gasteiger partial charge in [0.25, 0.3) is 0 Å². The Morgan fingerprint density at radius 3 is 2.70 bits per heavy atom. The van der Waals surface area contributed by atoms with Gasteiger partial charge in [-0.1, -0.05) is 6.07 Å². The summed E-state index contributed by atoms with van der Waals surface area (Å²) in [6.45, 7) is 1.41. The zero-order chi connectivity index (χ0) is 14.6. The van der Waals surface area contributed by atoms with E-state index >= 15 is 0 Å². The fourth-order valence-electron chi connectivity index (χ4n) is 1.76. The van der Waals surface area contributed by atoms with E-state index in [-0.39, 0.29) is 6.54 Å². The smallest absolute Gasteiger partial charge is 0.311 e. The molecule has 3 nitrogen and oxygen atoms in total. The number of benzene rings is 1.